The third-order valence-electron chi connectivity index (χ3n) is 5.79. The smallest absolute Gasteiger partial charge is 0.366 e. The first-order valence-electron chi connectivity index (χ1n) is 9.06. The van der Waals surface area contributed by atoms with E-state index in [9.17, 15) is 28.2 Å². The number of benzene rings is 1. The maximum atomic E-state index is 12.7. The average molecular weight is 413 g/mol. The van der Waals surface area contributed by atoms with Crippen LogP contribution in [0.25, 0.3) is 0 Å². The van der Waals surface area contributed by atoms with Gasteiger partial charge in [-0.1, -0.05) is 24.6 Å². The summed E-state index contributed by atoms with van der Waals surface area (Å²) in [6.07, 6.45) is -2.94. The van der Waals surface area contributed by atoms with Crippen LogP contribution in [-0.2, 0) is 19.1 Å². The fourth-order valence-electron chi connectivity index (χ4n) is 4.34. The average Bonchev–Trinajstić information content (AvgIpc) is 2.91. The molecule has 8 nitrogen and oxygen atoms in total. The number of quaternary nitrogens is 1. The summed E-state index contributed by atoms with van der Waals surface area (Å²) >= 11 is 0. The molecule has 156 valence electrons. The highest BCUT2D eigenvalue weighted by Gasteiger charge is 2.69. The Morgan fingerprint density at radius 2 is 1.82 bits per heavy atom. The summed E-state index contributed by atoms with van der Waals surface area (Å²) in [5, 5.41) is 22.2. The molecule has 1 amide bonds. The van der Waals surface area contributed by atoms with Gasteiger partial charge in [-0.05, 0) is 39.8 Å². The van der Waals surface area contributed by atoms with Crippen LogP contribution in [0.3, 0.4) is 0 Å². The lowest BCUT2D eigenvalue weighted by Gasteiger charge is -2.53. The second kappa shape index (κ2) is 7.13. The Balaban J connectivity index is 2.51. The van der Waals surface area contributed by atoms with E-state index in [1.807, 2.05) is 6.92 Å². The molecule has 28 heavy (non-hydrogen) atoms. The van der Waals surface area contributed by atoms with Crippen LogP contribution in [0.4, 0.5) is 4.79 Å². The molecular weight excluding hydrogens is 386 g/mol. The van der Waals surface area contributed by atoms with Gasteiger partial charge in [0, 0.05) is 12.8 Å². The largest absolute Gasteiger partial charge is 0.498 e. The predicted molar refractivity (Wildman–Crippen MR) is 98.8 cm³/mol. The van der Waals surface area contributed by atoms with Crippen LogP contribution in [0.5, 0.6) is 0 Å². The highest BCUT2D eigenvalue weighted by atomic mass is 32.2. The molecule has 1 aromatic rings. The Morgan fingerprint density at radius 3 is 2.18 bits per heavy atom. The van der Waals surface area contributed by atoms with E-state index in [0.717, 1.165) is 5.56 Å². The standard InChI is InChI=1S/C19H27NO7S/c1-6-19(16(21)22)11-14(12-20(19,17(23)24)18(3,4)5)27-28(25,26)15-9-7-13(2)8-10-15/h7-10,14H,6,11-12H2,1-5H3,(H-,21,22,23,24)/t14-,19-,20?/m0/s1. The molecule has 2 rings (SSSR count). The van der Waals surface area contributed by atoms with E-state index in [-0.39, 0.29) is 24.3 Å². The van der Waals surface area contributed by atoms with Crippen molar-refractivity contribution in [1.82, 2.24) is 0 Å². The van der Waals surface area contributed by atoms with E-state index in [0.29, 0.717) is 0 Å². The minimum atomic E-state index is -4.18. The number of aryl methyl sites for hydroxylation is 1. The first kappa shape index (κ1) is 22.3. The van der Waals surface area contributed by atoms with Crippen molar-refractivity contribution in [2.45, 2.75) is 69.5 Å². The van der Waals surface area contributed by atoms with Gasteiger partial charge in [0.1, 0.15) is 12.6 Å². The van der Waals surface area contributed by atoms with Crippen molar-refractivity contribution in [2.24, 2.45) is 0 Å². The summed E-state index contributed by atoms with van der Waals surface area (Å²) in [7, 11) is -4.18. The fourth-order valence-corrected chi connectivity index (χ4v) is 5.40. The summed E-state index contributed by atoms with van der Waals surface area (Å²) < 4.78 is 29.7. The third kappa shape index (κ3) is 3.31. The van der Waals surface area contributed by atoms with Crippen LogP contribution in [0, 0.1) is 6.92 Å². The topological polar surface area (TPSA) is 121 Å². The molecule has 0 aliphatic carbocycles. The van der Waals surface area contributed by atoms with Crippen molar-refractivity contribution in [3.63, 3.8) is 0 Å². The molecule has 1 N–H and O–H groups in total. The molecule has 9 heteroatoms. The maximum absolute atomic E-state index is 12.7. The molecule has 1 heterocycles. The van der Waals surface area contributed by atoms with Gasteiger partial charge in [-0.2, -0.15) is 8.42 Å². The number of carbonyl (C=O) groups is 2. The molecule has 1 unspecified atom stereocenters. The van der Waals surface area contributed by atoms with Gasteiger partial charge in [0.15, 0.2) is 0 Å². The first-order valence-corrected chi connectivity index (χ1v) is 10.5. The van der Waals surface area contributed by atoms with Gasteiger partial charge in [-0.3, -0.25) is 8.67 Å². The number of likely N-dealkylation sites (tertiary alicyclic amines) is 1. The summed E-state index contributed by atoms with van der Waals surface area (Å²) in [6, 6.07) is 6.04. The van der Waals surface area contributed by atoms with Gasteiger partial charge in [0.25, 0.3) is 16.2 Å². The van der Waals surface area contributed by atoms with E-state index in [1.54, 1.807) is 39.8 Å². The molecule has 1 aliphatic rings. The van der Waals surface area contributed by atoms with Crippen molar-refractivity contribution in [3.05, 3.63) is 29.8 Å². The molecule has 0 spiro atoms. The number of carboxylic acids is 1. The minimum Gasteiger partial charge on any atom is -0.498 e. The number of rotatable bonds is 5. The van der Waals surface area contributed by atoms with Gasteiger partial charge in [-0.15, -0.1) is 0 Å². The van der Waals surface area contributed by atoms with E-state index >= 15 is 0 Å². The first-order chi connectivity index (χ1) is 12.7. The number of amides is 1. The van der Waals surface area contributed by atoms with Crippen LogP contribution in [0.2, 0.25) is 0 Å². The Bertz CT molecular complexity index is 873. The monoisotopic (exact) mass is 413 g/mol. The molecule has 0 aromatic heterocycles. The molecule has 3 atom stereocenters. The van der Waals surface area contributed by atoms with Gasteiger partial charge in [0.05, 0.1) is 10.4 Å². The lowest BCUT2D eigenvalue weighted by Crippen LogP contribution is -2.77. The Hall–Kier alpha value is -1.97. The van der Waals surface area contributed by atoms with Gasteiger partial charge in [0.2, 0.25) is 5.54 Å². The molecule has 1 fully saturated rings. The van der Waals surface area contributed by atoms with Crippen LogP contribution < -0.4 is 5.11 Å². The number of carboxylic acid groups (broad SMARTS) is 2. The summed E-state index contributed by atoms with van der Waals surface area (Å²) in [6.45, 7) is 7.88. The molecule has 0 bridgehead atoms. The molecular formula is C19H27NO7S. The zero-order valence-electron chi connectivity index (χ0n) is 16.8. The number of hydrogen-bond donors (Lipinski definition) is 1. The maximum Gasteiger partial charge on any atom is 0.366 e. The van der Waals surface area contributed by atoms with E-state index < -0.39 is 43.8 Å². The van der Waals surface area contributed by atoms with Crippen LogP contribution >= 0.6 is 0 Å². The van der Waals surface area contributed by atoms with Crippen molar-refractivity contribution in [2.75, 3.05) is 6.54 Å². The summed E-state index contributed by atoms with van der Waals surface area (Å²) in [4.78, 5) is 24.4. The van der Waals surface area contributed by atoms with Gasteiger partial charge in [-0.25, -0.2) is 4.79 Å². The van der Waals surface area contributed by atoms with Crippen molar-refractivity contribution in [3.8, 4) is 0 Å². The lowest BCUT2D eigenvalue weighted by molar-refractivity contribution is -0.946. The normalized spacial score (nSPS) is 28.2. The Morgan fingerprint density at radius 1 is 1.29 bits per heavy atom. The molecule has 0 saturated carbocycles. The van der Waals surface area contributed by atoms with Gasteiger partial charge < -0.3 is 15.0 Å². The quantitative estimate of drug-likeness (QED) is 0.576. The third-order valence-corrected chi connectivity index (χ3v) is 7.16. The van der Waals surface area contributed by atoms with Crippen LogP contribution in [0.15, 0.2) is 29.2 Å². The highest BCUT2D eigenvalue weighted by molar-refractivity contribution is 7.86. The minimum absolute atomic E-state index is 0.0159. The van der Waals surface area contributed by atoms with E-state index in [1.165, 1.54) is 12.1 Å². The Kier molecular flexibility index (Phi) is 5.68. The molecule has 0 radical (unpaired) electrons. The zero-order chi connectivity index (χ0) is 21.5. The van der Waals surface area contributed by atoms with Gasteiger partial charge >= 0.3 is 5.97 Å². The number of hydrogen-bond acceptors (Lipinski definition) is 6. The van der Waals surface area contributed by atoms with Crippen molar-refractivity contribution < 1.29 is 36.9 Å². The van der Waals surface area contributed by atoms with Crippen molar-refractivity contribution >= 4 is 22.2 Å². The number of aliphatic carboxylic acids is 1. The fraction of sp³-hybridized carbons (Fsp3) is 0.579. The number of carbonyl (C=O) groups excluding carboxylic acids is 1. The molecule has 1 aromatic carbocycles. The predicted octanol–water partition coefficient (Wildman–Crippen LogP) is 1.66. The Labute approximate surface area is 165 Å². The molecule has 1 saturated heterocycles. The lowest BCUT2D eigenvalue weighted by atomic mass is 9.85. The number of nitrogens with zero attached hydrogens (tertiary/aromatic N) is 1. The van der Waals surface area contributed by atoms with E-state index in [4.69, 9.17) is 4.18 Å². The highest BCUT2D eigenvalue weighted by Crippen LogP contribution is 2.47. The SMILES string of the molecule is CC[C@@]1(C(=O)O)C[C@H](OS(=O)(=O)c2ccc(C)cc2)C[N+]1(C(=O)[O-])C(C)(C)C. The van der Waals surface area contributed by atoms with Crippen LogP contribution in [-0.4, -0.2) is 53.8 Å². The summed E-state index contributed by atoms with van der Waals surface area (Å²) in [5.41, 5.74) is -1.94. The second-order valence-corrected chi connectivity index (χ2v) is 9.88. The van der Waals surface area contributed by atoms with Crippen LogP contribution in [0.1, 0.15) is 46.1 Å². The van der Waals surface area contributed by atoms with Crippen molar-refractivity contribution in [1.29, 1.82) is 0 Å². The zero-order valence-corrected chi connectivity index (χ0v) is 17.6. The summed E-state index contributed by atoms with van der Waals surface area (Å²) in [5.74, 6) is -1.31. The molecule has 1 aliphatic heterocycles. The van der Waals surface area contributed by atoms with E-state index in [2.05, 4.69) is 0 Å². The second-order valence-electron chi connectivity index (χ2n) is 8.31.